The molecule has 1 N–H and O–H groups in total. The lowest BCUT2D eigenvalue weighted by atomic mass is 9.91. The molecule has 28 heavy (non-hydrogen) atoms. The van der Waals surface area contributed by atoms with E-state index in [1.165, 1.54) is 26.2 Å². The number of nitrogens with zero attached hydrogens (tertiary/aromatic N) is 4. The smallest absolute Gasteiger partial charge is 0.221 e. The fraction of sp³-hybridized carbons (Fsp3) is 0.476. The van der Waals surface area contributed by atoms with Gasteiger partial charge in [-0.2, -0.15) is 0 Å². The largest absolute Gasteiger partial charge is 0.495 e. The van der Waals surface area contributed by atoms with Gasteiger partial charge in [0.05, 0.1) is 18.5 Å². The minimum Gasteiger partial charge on any atom is -0.495 e. The van der Waals surface area contributed by atoms with Crippen molar-refractivity contribution in [3.05, 3.63) is 30.3 Å². The zero-order valence-electron chi connectivity index (χ0n) is 16.5. The lowest BCUT2D eigenvalue weighted by Crippen LogP contribution is -2.52. The summed E-state index contributed by atoms with van der Waals surface area (Å²) >= 11 is 0. The maximum Gasteiger partial charge on any atom is 0.221 e. The summed E-state index contributed by atoms with van der Waals surface area (Å²) in [5.41, 5.74) is 2.33. The molecule has 1 aromatic carbocycles. The molecular weight excluding hydrogens is 354 g/mol. The fourth-order valence-corrected chi connectivity index (χ4v) is 3.86. The van der Waals surface area contributed by atoms with Crippen LogP contribution in [-0.4, -0.2) is 60.3 Å². The van der Waals surface area contributed by atoms with E-state index >= 15 is 0 Å². The maximum atomic E-state index is 11.3. The van der Waals surface area contributed by atoms with Gasteiger partial charge in [0.2, 0.25) is 5.91 Å². The topological polar surface area (TPSA) is 70.6 Å². The van der Waals surface area contributed by atoms with Crippen LogP contribution in [0.3, 0.4) is 0 Å². The highest BCUT2D eigenvalue weighted by Crippen LogP contribution is 2.30. The van der Waals surface area contributed by atoms with Crippen LogP contribution < -0.4 is 15.0 Å². The van der Waals surface area contributed by atoms with Gasteiger partial charge in [-0.25, -0.2) is 0 Å². The number of hydrogen-bond donors (Lipinski definition) is 1. The Morgan fingerprint density at radius 3 is 2.46 bits per heavy atom. The van der Waals surface area contributed by atoms with E-state index in [1.807, 2.05) is 30.3 Å². The van der Waals surface area contributed by atoms with Crippen molar-refractivity contribution in [3.63, 3.8) is 0 Å². The SMILES string of the molecule is COc1cc(-c2ccc(N3CCN(C4CCC4)CC3)nn2)ccc1NC(C)=O. The molecule has 1 amide bonds. The van der Waals surface area contributed by atoms with E-state index in [9.17, 15) is 4.79 Å². The van der Waals surface area contributed by atoms with Gasteiger partial charge in [-0.05, 0) is 37.1 Å². The molecule has 0 radical (unpaired) electrons. The second-order valence-corrected chi connectivity index (χ2v) is 7.48. The summed E-state index contributed by atoms with van der Waals surface area (Å²) in [4.78, 5) is 16.2. The highest BCUT2D eigenvalue weighted by molar-refractivity contribution is 5.91. The number of rotatable bonds is 5. The number of carbonyl (C=O) groups is 1. The van der Waals surface area contributed by atoms with Crippen molar-refractivity contribution < 1.29 is 9.53 Å². The molecule has 0 bridgehead atoms. The average molecular weight is 381 g/mol. The van der Waals surface area contributed by atoms with E-state index in [0.717, 1.165) is 49.3 Å². The summed E-state index contributed by atoms with van der Waals surface area (Å²) in [5, 5.41) is 11.6. The molecule has 7 nitrogen and oxygen atoms in total. The van der Waals surface area contributed by atoms with Crippen LogP contribution in [0.1, 0.15) is 26.2 Å². The molecule has 1 saturated heterocycles. The van der Waals surface area contributed by atoms with Crippen LogP contribution in [-0.2, 0) is 4.79 Å². The van der Waals surface area contributed by atoms with Crippen molar-refractivity contribution >= 4 is 17.4 Å². The number of ether oxygens (including phenoxy) is 1. The third-order valence-corrected chi connectivity index (χ3v) is 5.69. The summed E-state index contributed by atoms with van der Waals surface area (Å²) < 4.78 is 5.39. The van der Waals surface area contributed by atoms with Crippen LogP contribution in [0.5, 0.6) is 5.75 Å². The molecule has 1 aliphatic carbocycles. The van der Waals surface area contributed by atoms with Crippen LogP contribution in [0, 0.1) is 0 Å². The molecule has 7 heteroatoms. The van der Waals surface area contributed by atoms with E-state index in [4.69, 9.17) is 4.74 Å². The van der Waals surface area contributed by atoms with Crippen LogP contribution in [0.4, 0.5) is 11.5 Å². The molecule has 0 atom stereocenters. The number of piperazine rings is 1. The molecular formula is C21H27N5O2. The van der Waals surface area contributed by atoms with Gasteiger partial charge in [0.1, 0.15) is 5.75 Å². The Morgan fingerprint density at radius 1 is 1.11 bits per heavy atom. The van der Waals surface area contributed by atoms with Crippen LogP contribution >= 0.6 is 0 Å². The fourth-order valence-electron chi connectivity index (χ4n) is 3.86. The predicted molar refractivity (Wildman–Crippen MR) is 110 cm³/mol. The Hall–Kier alpha value is -2.67. The Morgan fingerprint density at radius 2 is 1.89 bits per heavy atom. The van der Waals surface area contributed by atoms with Crippen molar-refractivity contribution in [2.24, 2.45) is 0 Å². The van der Waals surface area contributed by atoms with Crippen LogP contribution in [0.15, 0.2) is 30.3 Å². The van der Waals surface area contributed by atoms with Crippen molar-refractivity contribution in [3.8, 4) is 17.0 Å². The Balaban J connectivity index is 1.44. The lowest BCUT2D eigenvalue weighted by Gasteiger charge is -2.43. The molecule has 0 unspecified atom stereocenters. The standard InChI is InChI=1S/C21H27N5O2/c1-15(27)22-19-7-6-16(14-20(19)28-2)18-8-9-21(24-23-18)26-12-10-25(11-13-26)17-4-3-5-17/h6-9,14,17H,3-5,10-13H2,1-2H3,(H,22,27). The summed E-state index contributed by atoms with van der Waals surface area (Å²) in [6, 6.07) is 10.4. The van der Waals surface area contributed by atoms with E-state index in [0.29, 0.717) is 11.4 Å². The van der Waals surface area contributed by atoms with Crippen molar-refractivity contribution in [1.82, 2.24) is 15.1 Å². The van der Waals surface area contributed by atoms with E-state index < -0.39 is 0 Å². The molecule has 1 aliphatic heterocycles. The average Bonchev–Trinajstić information content (AvgIpc) is 2.67. The van der Waals surface area contributed by atoms with Gasteiger partial charge in [-0.15, -0.1) is 10.2 Å². The third kappa shape index (κ3) is 3.94. The summed E-state index contributed by atoms with van der Waals surface area (Å²) in [6.45, 7) is 5.70. The maximum absolute atomic E-state index is 11.3. The zero-order chi connectivity index (χ0) is 19.5. The van der Waals surface area contributed by atoms with E-state index in [-0.39, 0.29) is 5.91 Å². The lowest BCUT2D eigenvalue weighted by molar-refractivity contribution is -0.114. The number of nitrogens with one attached hydrogen (secondary N) is 1. The predicted octanol–water partition coefficient (Wildman–Crippen LogP) is 2.79. The number of aromatic nitrogens is 2. The first-order valence-corrected chi connectivity index (χ1v) is 9.93. The van der Waals surface area contributed by atoms with Crippen molar-refractivity contribution in [1.29, 1.82) is 0 Å². The van der Waals surface area contributed by atoms with Gasteiger partial charge in [0.25, 0.3) is 0 Å². The molecule has 1 saturated carbocycles. The van der Waals surface area contributed by atoms with Gasteiger partial charge in [-0.3, -0.25) is 9.69 Å². The number of methoxy groups -OCH3 is 1. The molecule has 1 aromatic heterocycles. The number of hydrogen-bond acceptors (Lipinski definition) is 6. The number of anilines is 2. The summed E-state index contributed by atoms with van der Waals surface area (Å²) in [7, 11) is 1.59. The monoisotopic (exact) mass is 381 g/mol. The Kier molecular flexibility index (Phi) is 5.43. The molecule has 2 aromatic rings. The second kappa shape index (κ2) is 8.14. The molecule has 4 rings (SSSR count). The Labute approximate surface area is 165 Å². The van der Waals surface area contributed by atoms with Crippen molar-refractivity contribution in [2.45, 2.75) is 32.2 Å². The minimum atomic E-state index is -0.132. The number of amides is 1. The zero-order valence-corrected chi connectivity index (χ0v) is 16.5. The Bertz CT molecular complexity index is 827. The molecule has 2 aliphatic rings. The first kappa shape index (κ1) is 18.7. The van der Waals surface area contributed by atoms with Gasteiger partial charge < -0.3 is 15.0 Å². The molecule has 2 fully saturated rings. The number of carbonyl (C=O) groups excluding carboxylic acids is 1. The minimum absolute atomic E-state index is 0.132. The first-order chi connectivity index (χ1) is 13.6. The van der Waals surface area contributed by atoms with Crippen LogP contribution in [0.2, 0.25) is 0 Å². The van der Waals surface area contributed by atoms with E-state index in [2.05, 4.69) is 25.3 Å². The molecule has 2 heterocycles. The summed E-state index contributed by atoms with van der Waals surface area (Å²) in [6.07, 6.45) is 4.10. The normalized spacial score (nSPS) is 17.9. The van der Waals surface area contributed by atoms with Gasteiger partial charge in [0, 0.05) is 44.7 Å². The van der Waals surface area contributed by atoms with Crippen molar-refractivity contribution in [2.75, 3.05) is 43.5 Å². The van der Waals surface area contributed by atoms with Gasteiger partial charge >= 0.3 is 0 Å². The molecule has 0 spiro atoms. The van der Waals surface area contributed by atoms with E-state index in [1.54, 1.807) is 7.11 Å². The van der Waals surface area contributed by atoms with Gasteiger partial charge in [-0.1, -0.05) is 12.5 Å². The quantitative estimate of drug-likeness (QED) is 0.859. The van der Waals surface area contributed by atoms with Gasteiger partial charge in [0.15, 0.2) is 5.82 Å². The molecule has 148 valence electrons. The van der Waals surface area contributed by atoms with Crippen LogP contribution in [0.25, 0.3) is 11.3 Å². The first-order valence-electron chi connectivity index (χ1n) is 9.93. The highest BCUT2D eigenvalue weighted by atomic mass is 16.5. The third-order valence-electron chi connectivity index (χ3n) is 5.69. The highest BCUT2D eigenvalue weighted by Gasteiger charge is 2.28. The summed E-state index contributed by atoms with van der Waals surface area (Å²) in [5.74, 6) is 1.40. The second-order valence-electron chi connectivity index (χ2n) is 7.48. The number of benzene rings is 1.